The van der Waals surface area contributed by atoms with Crippen LogP contribution in [0.3, 0.4) is 0 Å². The molecule has 0 saturated carbocycles. The third-order valence-corrected chi connectivity index (χ3v) is 5.02. The van der Waals surface area contributed by atoms with Gasteiger partial charge in [0, 0.05) is 25.0 Å². The van der Waals surface area contributed by atoms with Crippen LogP contribution in [-0.2, 0) is 0 Å². The number of likely N-dealkylation sites (tertiary alicyclic amines) is 1. The molecule has 5 nitrogen and oxygen atoms in total. The van der Waals surface area contributed by atoms with Crippen LogP contribution in [0.5, 0.6) is 0 Å². The minimum Gasteiger partial charge on any atom is -0.351 e. The van der Waals surface area contributed by atoms with E-state index in [0.717, 1.165) is 12.1 Å². The third kappa shape index (κ3) is 4.69. The van der Waals surface area contributed by atoms with Crippen molar-refractivity contribution < 1.29 is 4.79 Å². The fourth-order valence-corrected chi connectivity index (χ4v) is 3.49. The Morgan fingerprint density at radius 1 is 1.20 bits per heavy atom. The zero-order chi connectivity index (χ0) is 17.5. The van der Waals surface area contributed by atoms with Crippen molar-refractivity contribution in [1.82, 2.24) is 19.8 Å². The maximum absolute atomic E-state index is 12.5. The van der Waals surface area contributed by atoms with Gasteiger partial charge in [0.25, 0.3) is 5.91 Å². The van der Waals surface area contributed by atoms with E-state index >= 15 is 0 Å². The quantitative estimate of drug-likeness (QED) is 0.878. The molecule has 5 heteroatoms. The average Bonchev–Trinajstić information content (AvgIpc) is 2.97. The van der Waals surface area contributed by atoms with Crippen LogP contribution in [-0.4, -0.2) is 46.0 Å². The van der Waals surface area contributed by atoms with E-state index in [1.54, 1.807) is 12.4 Å². The van der Waals surface area contributed by atoms with E-state index in [1.165, 1.54) is 38.8 Å². The predicted molar refractivity (Wildman–Crippen MR) is 100 cm³/mol. The molecule has 1 atom stereocenters. The maximum Gasteiger partial charge on any atom is 0.268 e. The van der Waals surface area contributed by atoms with Gasteiger partial charge in [-0.05, 0) is 63.5 Å². The minimum absolute atomic E-state index is 0.0306. The monoisotopic (exact) mass is 340 g/mol. The molecule has 1 aliphatic rings. The second-order valence-electron chi connectivity index (χ2n) is 6.82. The Morgan fingerprint density at radius 3 is 2.72 bits per heavy atom. The first kappa shape index (κ1) is 17.7. The Morgan fingerprint density at radius 2 is 2.00 bits per heavy atom. The van der Waals surface area contributed by atoms with Crippen molar-refractivity contribution in [3.05, 3.63) is 48.5 Å². The number of rotatable bonds is 6. The molecule has 3 heterocycles. The lowest BCUT2D eigenvalue weighted by molar-refractivity contribution is 0.0941. The van der Waals surface area contributed by atoms with E-state index < -0.39 is 0 Å². The fraction of sp³-hybridized carbons (Fsp3) is 0.500. The number of aromatic nitrogens is 2. The number of carbonyl (C=O) groups excluding carboxylic acids is 1. The summed E-state index contributed by atoms with van der Waals surface area (Å²) in [4.78, 5) is 19.2. The highest BCUT2D eigenvalue weighted by atomic mass is 16.1. The number of nitrogens with one attached hydrogen (secondary N) is 1. The van der Waals surface area contributed by atoms with Crippen LogP contribution < -0.4 is 5.32 Å². The van der Waals surface area contributed by atoms with Gasteiger partial charge in [-0.15, -0.1) is 0 Å². The van der Waals surface area contributed by atoms with Gasteiger partial charge in [0.2, 0.25) is 0 Å². The molecule has 0 radical (unpaired) electrons. The Kier molecular flexibility index (Phi) is 6.23. The molecule has 1 amide bonds. The SMILES string of the molecule is C[C@@H](CCNC(=O)c1cccn1-c1cccnc1)N1CCCCCC1. The molecule has 3 rings (SSSR count). The number of pyridine rings is 1. The molecule has 1 saturated heterocycles. The Labute approximate surface area is 150 Å². The zero-order valence-corrected chi connectivity index (χ0v) is 15.0. The van der Waals surface area contributed by atoms with E-state index in [9.17, 15) is 4.79 Å². The topological polar surface area (TPSA) is 50.2 Å². The molecule has 0 aromatic carbocycles. The van der Waals surface area contributed by atoms with Crippen LogP contribution in [0.2, 0.25) is 0 Å². The number of carbonyl (C=O) groups is 1. The average molecular weight is 340 g/mol. The van der Waals surface area contributed by atoms with E-state index in [1.807, 2.05) is 35.0 Å². The van der Waals surface area contributed by atoms with Crippen molar-refractivity contribution in [2.75, 3.05) is 19.6 Å². The molecule has 2 aromatic heterocycles. The van der Waals surface area contributed by atoms with Gasteiger partial charge in [-0.2, -0.15) is 0 Å². The molecule has 1 fully saturated rings. The maximum atomic E-state index is 12.5. The summed E-state index contributed by atoms with van der Waals surface area (Å²) in [6, 6.07) is 8.08. The molecule has 25 heavy (non-hydrogen) atoms. The molecule has 0 aliphatic carbocycles. The summed E-state index contributed by atoms with van der Waals surface area (Å²) in [7, 11) is 0. The van der Waals surface area contributed by atoms with Gasteiger partial charge in [0.15, 0.2) is 0 Å². The normalized spacial score (nSPS) is 17.0. The zero-order valence-electron chi connectivity index (χ0n) is 15.0. The smallest absolute Gasteiger partial charge is 0.268 e. The first-order valence-electron chi connectivity index (χ1n) is 9.36. The van der Waals surface area contributed by atoms with Crippen LogP contribution in [0.15, 0.2) is 42.9 Å². The number of nitrogens with zero attached hydrogens (tertiary/aromatic N) is 3. The van der Waals surface area contributed by atoms with Crippen LogP contribution in [0.1, 0.15) is 49.5 Å². The van der Waals surface area contributed by atoms with Crippen molar-refractivity contribution >= 4 is 5.91 Å². The first-order chi connectivity index (χ1) is 12.3. The van der Waals surface area contributed by atoms with Gasteiger partial charge < -0.3 is 14.8 Å². The van der Waals surface area contributed by atoms with Gasteiger partial charge in [-0.1, -0.05) is 12.8 Å². The molecular weight excluding hydrogens is 312 g/mol. The summed E-state index contributed by atoms with van der Waals surface area (Å²) in [6.45, 7) is 5.36. The molecule has 2 aromatic rings. The van der Waals surface area contributed by atoms with Crippen LogP contribution in [0.25, 0.3) is 5.69 Å². The van der Waals surface area contributed by atoms with Gasteiger partial charge >= 0.3 is 0 Å². The largest absolute Gasteiger partial charge is 0.351 e. The minimum atomic E-state index is -0.0306. The standard InChI is InChI=1S/C20H28N4O/c1-17(23-13-4-2-3-5-14-23)10-12-22-20(25)19-9-7-15-24(19)18-8-6-11-21-16-18/h6-9,11,15-17H,2-5,10,12-14H2,1H3,(H,22,25)/t17-/m0/s1. The summed E-state index contributed by atoms with van der Waals surface area (Å²) in [5.74, 6) is -0.0306. The summed E-state index contributed by atoms with van der Waals surface area (Å²) < 4.78 is 1.88. The summed E-state index contributed by atoms with van der Waals surface area (Å²) in [5, 5.41) is 3.07. The lowest BCUT2D eigenvalue weighted by atomic mass is 10.2. The predicted octanol–water partition coefficient (Wildman–Crippen LogP) is 3.26. The van der Waals surface area contributed by atoms with E-state index in [4.69, 9.17) is 0 Å². The van der Waals surface area contributed by atoms with E-state index in [0.29, 0.717) is 18.3 Å². The molecule has 0 unspecified atom stereocenters. The Balaban J connectivity index is 1.52. The molecule has 1 N–H and O–H groups in total. The van der Waals surface area contributed by atoms with Crippen LogP contribution >= 0.6 is 0 Å². The molecule has 0 spiro atoms. The number of amides is 1. The lowest BCUT2D eigenvalue weighted by Gasteiger charge is -2.27. The highest BCUT2D eigenvalue weighted by Gasteiger charge is 2.16. The molecular formula is C20H28N4O. The third-order valence-electron chi connectivity index (χ3n) is 5.02. The lowest BCUT2D eigenvalue weighted by Crippen LogP contribution is -2.37. The van der Waals surface area contributed by atoms with Gasteiger partial charge in [-0.3, -0.25) is 9.78 Å². The van der Waals surface area contributed by atoms with Crippen molar-refractivity contribution in [1.29, 1.82) is 0 Å². The Hall–Kier alpha value is -2.14. The van der Waals surface area contributed by atoms with Crippen molar-refractivity contribution in [2.45, 2.75) is 45.1 Å². The highest BCUT2D eigenvalue weighted by molar-refractivity contribution is 5.93. The van der Waals surface area contributed by atoms with Gasteiger partial charge in [0.05, 0.1) is 11.9 Å². The molecule has 134 valence electrons. The highest BCUT2D eigenvalue weighted by Crippen LogP contribution is 2.14. The van der Waals surface area contributed by atoms with Crippen molar-refractivity contribution in [3.8, 4) is 5.69 Å². The fourth-order valence-electron chi connectivity index (χ4n) is 3.49. The summed E-state index contributed by atoms with van der Waals surface area (Å²) in [5.41, 5.74) is 1.55. The summed E-state index contributed by atoms with van der Waals surface area (Å²) >= 11 is 0. The number of hydrogen-bond donors (Lipinski definition) is 1. The number of hydrogen-bond acceptors (Lipinski definition) is 3. The molecule has 0 bridgehead atoms. The van der Waals surface area contributed by atoms with E-state index in [-0.39, 0.29) is 5.91 Å². The second kappa shape index (κ2) is 8.81. The molecule has 1 aliphatic heterocycles. The van der Waals surface area contributed by atoms with Gasteiger partial charge in [0.1, 0.15) is 5.69 Å². The second-order valence-corrected chi connectivity index (χ2v) is 6.82. The first-order valence-corrected chi connectivity index (χ1v) is 9.36. The van der Waals surface area contributed by atoms with Crippen LogP contribution in [0, 0.1) is 0 Å². The Bertz CT molecular complexity index is 659. The van der Waals surface area contributed by atoms with Crippen LogP contribution in [0.4, 0.5) is 0 Å². The summed E-state index contributed by atoms with van der Waals surface area (Å²) in [6.07, 6.45) is 11.7. The van der Waals surface area contributed by atoms with Crippen molar-refractivity contribution in [3.63, 3.8) is 0 Å². The van der Waals surface area contributed by atoms with Gasteiger partial charge in [-0.25, -0.2) is 0 Å². The van der Waals surface area contributed by atoms with E-state index in [2.05, 4.69) is 22.1 Å². The van der Waals surface area contributed by atoms with Crippen molar-refractivity contribution in [2.24, 2.45) is 0 Å².